The first-order valence-electron chi connectivity index (χ1n) is 6.02. The molecule has 1 heterocycles. The lowest BCUT2D eigenvalue weighted by atomic mass is 10.2. The number of carbonyl (C=O) groups is 2. The van der Waals surface area contributed by atoms with Crippen LogP contribution in [0.1, 0.15) is 19.3 Å². The highest BCUT2D eigenvalue weighted by atomic mass is 16.5. The van der Waals surface area contributed by atoms with Crippen LogP contribution < -0.4 is 10.6 Å². The van der Waals surface area contributed by atoms with E-state index in [0.29, 0.717) is 32.5 Å². The molecule has 1 saturated heterocycles. The van der Waals surface area contributed by atoms with Crippen LogP contribution in [0.4, 0.5) is 4.79 Å². The first kappa shape index (κ1) is 14.7. The molecule has 3 N–H and O–H groups in total. The molecule has 2 amide bonds. The van der Waals surface area contributed by atoms with Gasteiger partial charge < -0.3 is 25.2 Å². The lowest BCUT2D eigenvalue weighted by Crippen LogP contribution is -2.40. The molecule has 2 atom stereocenters. The minimum atomic E-state index is -0.943. The van der Waals surface area contributed by atoms with Crippen molar-refractivity contribution in [3.8, 4) is 0 Å². The Balaban J connectivity index is 2.07. The molecule has 0 saturated carbocycles. The Kier molecular flexibility index (Phi) is 6.45. The molecule has 1 aliphatic heterocycles. The van der Waals surface area contributed by atoms with E-state index in [1.807, 2.05) is 0 Å². The second-order valence-electron chi connectivity index (χ2n) is 4.15. The topological polar surface area (TPSA) is 96.9 Å². The van der Waals surface area contributed by atoms with Gasteiger partial charge in [-0.25, -0.2) is 9.59 Å². The highest BCUT2D eigenvalue weighted by Gasteiger charge is 2.30. The average Bonchev–Trinajstić information content (AvgIpc) is 2.81. The zero-order valence-electron chi connectivity index (χ0n) is 10.5. The molecular weight excluding hydrogens is 240 g/mol. The van der Waals surface area contributed by atoms with Crippen molar-refractivity contribution in [3.63, 3.8) is 0 Å². The summed E-state index contributed by atoms with van der Waals surface area (Å²) in [6, 6.07) is -0.270. The van der Waals surface area contributed by atoms with Gasteiger partial charge >= 0.3 is 12.0 Å². The van der Waals surface area contributed by atoms with Crippen molar-refractivity contribution >= 4 is 12.0 Å². The van der Waals surface area contributed by atoms with Gasteiger partial charge in [-0.3, -0.25) is 0 Å². The summed E-state index contributed by atoms with van der Waals surface area (Å²) in [6.45, 7) is 1.48. The fourth-order valence-corrected chi connectivity index (χ4v) is 1.72. The van der Waals surface area contributed by atoms with Crippen molar-refractivity contribution in [1.82, 2.24) is 10.6 Å². The first-order valence-corrected chi connectivity index (χ1v) is 6.02. The number of carbonyl (C=O) groups excluding carboxylic acids is 1. The maximum Gasteiger partial charge on any atom is 0.332 e. The van der Waals surface area contributed by atoms with Crippen LogP contribution >= 0.6 is 0 Å². The molecule has 1 rings (SSSR count). The molecule has 0 spiro atoms. The SMILES string of the molecule is COCCCNC(=O)NCC1CCC(C(=O)O)O1. The van der Waals surface area contributed by atoms with Crippen LogP contribution in [0.25, 0.3) is 0 Å². The molecule has 1 fully saturated rings. The van der Waals surface area contributed by atoms with E-state index in [-0.39, 0.29) is 12.1 Å². The summed E-state index contributed by atoms with van der Waals surface area (Å²) < 4.78 is 10.1. The molecular formula is C11H20N2O5. The zero-order chi connectivity index (χ0) is 13.4. The zero-order valence-corrected chi connectivity index (χ0v) is 10.5. The number of hydrogen-bond acceptors (Lipinski definition) is 4. The second-order valence-corrected chi connectivity index (χ2v) is 4.15. The summed E-state index contributed by atoms with van der Waals surface area (Å²) in [5.41, 5.74) is 0. The Morgan fingerprint density at radius 3 is 2.78 bits per heavy atom. The van der Waals surface area contributed by atoms with E-state index in [9.17, 15) is 9.59 Å². The van der Waals surface area contributed by atoms with Gasteiger partial charge in [0.05, 0.1) is 6.10 Å². The van der Waals surface area contributed by atoms with Gasteiger partial charge in [0.15, 0.2) is 6.10 Å². The van der Waals surface area contributed by atoms with Crippen LogP contribution in [0.5, 0.6) is 0 Å². The molecule has 1 aliphatic rings. The molecule has 0 aromatic carbocycles. The molecule has 18 heavy (non-hydrogen) atoms. The van der Waals surface area contributed by atoms with Crippen molar-refractivity contribution in [1.29, 1.82) is 0 Å². The fourth-order valence-electron chi connectivity index (χ4n) is 1.72. The summed E-state index contributed by atoms with van der Waals surface area (Å²) in [6.07, 6.45) is 0.959. The van der Waals surface area contributed by atoms with Crippen LogP contribution in [0, 0.1) is 0 Å². The summed E-state index contributed by atoms with van der Waals surface area (Å²) >= 11 is 0. The number of methoxy groups -OCH3 is 1. The summed E-state index contributed by atoms with van der Waals surface area (Å²) in [7, 11) is 1.61. The minimum absolute atomic E-state index is 0.212. The lowest BCUT2D eigenvalue weighted by molar-refractivity contribution is -0.149. The number of carboxylic acids is 1. The molecule has 7 heteroatoms. The highest BCUT2D eigenvalue weighted by molar-refractivity contribution is 5.74. The number of hydrogen-bond donors (Lipinski definition) is 3. The third-order valence-electron chi connectivity index (χ3n) is 2.68. The van der Waals surface area contributed by atoms with Gasteiger partial charge in [-0.2, -0.15) is 0 Å². The van der Waals surface area contributed by atoms with Crippen LogP contribution in [0.2, 0.25) is 0 Å². The van der Waals surface area contributed by atoms with E-state index in [1.54, 1.807) is 7.11 Å². The van der Waals surface area contributed by atoms with E-state index < -0.39 is 12.1 Å². The molecule has 0 aromatic heterocycles. The van der Waals surface area contributed by atoms with E-state index in [0.717, 1.165) is 6.42 Å². The summed E-state index contributed by atoms with van der Waals surface area (Å²) in [5, 5.41) is 14.1. The fraction of sp³-hybridized carbons (Fsp3) is 0.818. The van der Waals surface area contributed by atoms with E-state index >= 15 is 0 Å². The maximum atomic E-state index is 11.3. The number of ether oxygens (including phenoxy) is 2. The molecule has 0 aliphatic carbocycles. The third-order valence-corrected chi connectivity index (χ3v) is 2.68. The Labute approximate surface area is 106 Å². The minimum Gasteiger partial charge on any atom is -0.479 e. The number of aliphatic carboxylic acids is 1. The van der Waals surface area contributed by atoms with Gasteiger partial charge in [0, 0.05) is 26.8 Å². The van der Waals surface area contributed by atoms with Gasteiger partial charge in [-0.1, -0.05) is 0 Å². The van der Waals surface area contributed by atoms with E-state index in [2.05, 4.69) is 10.6 Å². The van der Waals surface area contributed by atoms with Crippen molar-refractivity contribution in [3.05, 3.63) is 0 Å². The second kappa shape index (κ2) is 7.88. The number of nitrogens with one attached hydrogen (secondary N) is 2. The van der Waals surface area contributed by atoms with E-state index in [4.69, 9.17) is 14.6 Å². The summed E-state index contributed by atoms with van der Waals surface area (Å²) in [5.74, 6) is -0.943. The number of rotatable bonds is 7. The number of carboxylic acid groups (broad SMARTS) is 1. The van der Waals surface area contributed by atoms with Gasteiger partial charge in [0.25, 0.3) is 0 Å². The highest BCUT2D eigenvalue weighted by Crippen LogP contribution is 2.18. The van der Waals surface area contributed by atoms with Crippen molar-refractivity contribution < 1.29 is 24.2 Å². The maximum absolute atomic E-state index is 11.3. The van der Waals surface area contributed by atoms with Gasteiger partial charge in [-0.05, 0) is 19.3 Å². The van der Waals surface area contributed by atoms with Crippen LogP contribution in [0.3, 0.4) is 0 Å². The van der Waals surface area contributed by atoms with Gasteiger partial charge in [0.1, 0.15) is 0 Å². The van der Waals surface area contributed by atoms with Crippen molar-refractivity contribution in [2.75, 3.05) is 26.8 Å². The van der Waals surface area contributed by atoms with Gasteiger partial charge in [-0.15, -0.1) is 0 Å². The molecule has 104 valence electrons. The van der Waals surface area contributed by atoms with E-state index in [1.165, 1.54) is 0 Å². The smallest absolute Gasteiger partial charge is 0.332 e. The molecule has 0 bridgehead atoms. The van der Waals surface area contributed by atoms with Gasteiger partial charge in [0.2, 0.25) is 0 Å². The van der Waals surface area contributed by atoms with Crippen molar-refractivity contribution in [2.45, 2.75) is 31.5 Å². The predicted molar refractivity (Wildman–Crippen MR) is 63.4 cm³/mol. The third kappa shape index (κ3) is 5.33. The summed E-state index contributed by atoms with van der Waals surface area (Å²) in [4.78, 5) is 22.0. The largest absolute Gasteiger partial charge is 0.479 e. The standard InChI is InChI=1S/C11H20N2O5/c1-17-6-2-5-12-11(16)13-7-8-3-4-9(18-8)10(14)15/h8-9H,2-7H2,1H3,(H,14,15)(H2,12,13,16). The Morgan fingerprint density at radius 1 is 1.39 bits per heavy atom. The number of amides is 2. The monoisotopic (exact) mass is 260 g/mol. The van der Waals surface area contributed by atoms with Crippen LogP contribution in [-0.2, 0) is 14.3 Å². The Hall–Kier alpha value is -1.34. The normalized spacial score (nSPS) is 22.7. The molecule has 0 radical (unpaired) electrons. The lowest BCUT2D eigenvalue weighted by Gasteiger charge is -2.12. The first-order chi connectivity index (χ1) is 8.63. The molecule has 7 nitrogen and oxygen atoms in total. The van der Waals surface area contributed by atoms with Crippen LogP contribution in [-0.4, -0.2) is 56.1 Å². The predicted octanol–water partition coefficient (Wildman–Crippen LogP) is -0.0457. The average molecular weight is 260 g/mol. The Morgan fingerprint density at radius 2 is 2.17 bits per heavy atom. The van der Waals surface area contributed by atoms with Crippen LogP contribution in [0.15, 0.2) is 0 Å². The molecule has 0 aromatic rings. The Bertz CT molecular complexity index is 285. The quantitative estimate of drug-likeness (QED) is 0.558. The number of urea groups is 1. The van der Waals surface area contributed by atoms with Crippen molar-refractivity contribution in [2.24, 2.45) is 0 Å². The molecule has 2 unspecified atom stereocenters.